The number of hydrogen-bond donors (Lipinski definition) is 1. The zero-order valence-electron chi connectivity index (χ0n) is 13.4. The number of hydrogen-bond acceptors (Lipinski definition) is 1. The van der Waals surface area contributed by atoms with E-state index in [1.54, 1.807) is 0 Å². The van der Waals surface area contributed by atoms with Crippen molar-refractivity contribution < 1.29 is 23.1 Å². The Balaban J connectivity index is 2.21. The van der Waals surface area contributed by atoms with Crippen LogP contribution in [0.5, 0.6) is 0 Å². The summed E-state index contributed by atoms with van der Waals surface area (Å²) in [6.45, 7) is 0. The molecule has 0 saturated carbocycles. The van der Waals surface area contributed by atoms with Crippen LogP contribution in [0.15, 0.2) is 93.5 Å². The van der Waals surface area contributed by atoms with Crippen molar-refractivity contribution in [2.45, 2.75) is 20.9 Å². The highest BCUT2D eigenvalue weighted by atomic mass is 32.2. The van der Waals surface area contributed by atoms with E-state index in [-0.39, 0.29) is 0 Å². The maximum Gasteiger partial charge on any atom is 0.417 e. The van der Waals surface area contributed by atoms with E-state index in [0.717, 1.165) is 21.9 Å². The zero-order chi connectivity index (χ0) is 18.7. The summed E-state index contributed by atoms with van der Waals surface area (Å²) >= 11 is 0. The van der Waals surface area contributed by atoms with E-state index in [4.69, 9.17) is 5.11 Å². The number of carboxylic acid groups (broad SMARTS) is 1. The second-order valence-electron chi connectivity index (χ2n) is 5.44. The molecule has 0 aromatic heterocycles. The number of halogens is 3. The van der Waals surface area contributed by atoms with Gasteiger partial charge in [-0.15, -0.1) is 0 Å². The number of aromatic carboxylic acids is 1. The third kappa shape index (κ3) is 3.75. The van der Waals surface area contributed by atoms with Crippen molar-refractivity contribution in [3.8, 4) is 0 Å². The summed E-state index contributed by atoms with van der Waals surface area (Å²) in [5.41, 5.74) is -1.88. The third-order valence-corrected chi connectivity index (χ3v) is 5.93. The number of carboxylic acids is 1. The quantitative estimate of drug-likeness (QED) is 0.612. The van der Waals surface area contributed by atoms with Gasteiger partial charge < -0.3 is 5.11 Å². The van der Waals surface area contributed by atoms with Crippen LogP contribution in [0.25, 0.3) is 0 Å². The van der Waals surface area contributed by atoms with Crippen LogP contribution in [-0.2, 0) is 17.1 Å². The predicted octanol–water partition coefficient (Wildman–Crippen LogP) is 5.50. The van der Waals surface area contributed by atoms with Crippen LogP contribution < -0.4 is 0 Å². The summed E-state index contributed by atoms with van der Waals surface area (Å²) in [5, 5.41) is 9.09. The van der Waals surface area contributed by atoms with Gasteiger partial charge in [0, 0.05) is 6.07 Å². The van der Waals surface area contributed by atoms with Gasteiger partial charge in [0.2, 0.25) is 0 Å². The Morgan fingerprint density at radius 3 is 1.69 bits per heavy atom. The van der Waals surface area contributed by atoms with Gasteiger partial charge in [-0.1, -0.05) is 36.4 Å². The summed E-state index contributed by atoms with van der Waals surface area (Å²) in [7, 11) is -0.774. The highest BCUT2D eigenvalue weighted by molar-refractivity contribution is 7.97. The van der Waals surface area contributed by atoms with Crippen LogP contribution >= 0.6 is 0 Å². The third-order valence-electron chi connectivity index (χ3n) is 3.72. The molecule has 0 bridgehead atoms. The highest BCUT2D eigenvalue weighted by Crippen LogP contribution is 2.37. The Morgan fingerprint density at radius 1 is 0.769 bits per heavy atom. The van der Waals surface area contributed by atoms with Crippen LogP contribution in [-0.4, -0.2) is 11.1 Å². The summed E-state index contributed by atoms with van der Waals surface area (Å²) in [6.07, 6.45) is -4.74. The Morgan fingerprint density at radius 2 is 1.27 bits per heavy atom. The molecule has 132 valence electrons. The number of rotatable bonds is 4. The van der Waals surface area contributed by atoms with E-state index in [2.05, 4.69) is 0 Å². The molecule has 0 radical (unpaired) electrons. The molecule has 6 heteroatoms. The van der Waals surface area contributed by atoms with Gasteiger partial charge in [-0.2, -0.15) is 13.2 Å². The molecule has 3 aromatic rings. The van der Waals surface area contributed by atoms with Crippen LogP contribution in [0.3, 0.4) is 0 Å². The molecule has 0 saturated heterocycles. The van der Waals surface area contributed by atoms with E-state index in [0.29, 0.717) is 4.90 Å². The molecule has 3 rings (SSSR count). The normalized spacial score (nSPS) is 11.5. The lowest BCUT2D eigenvalue weighted by Crippen LogP contribution is -2.15. The van der Waals surface area contributed by atoms with Crippen molar-refractivity contribution in [1.82, 2.24) is 0 Å². The number of alkyl halides is 3. The molecule has 0 atom stereocenters. The first-order chi connectivity index (χ1) is 12.4. The van der Waals surface area contributed by atoms with Crippen molar-refractivity contribution in [2.75, 3.05) is 0 Å². The Bertz CT molecular complexity index is 870. The lowest BCUT2D eigenvalue weighted by Gasteiger charge is -2.13. The molecule has 26 heavy (non-hydrogen) atoms. The smallest absolute Gasteiger partial charge is 0.417 e. The van der Waals surface area contributed by atoms with E-state index >= 15 is 0 Å². The lowest BCUT2D eigenvalue weighted by atomic mass is 10.1. The van der Waals surface area contributed by atoms with Crippen LogP contribution in [0.2, 0.25) is 0 Å². The topological polar surface area (TPSA) is 37.3 Å². The summed E-state index contributed by atoms with van der Waals surface area (Å²) < 4.78 is 40.2. The van der Waals surface area contributed by atoms with E-state index in [1.807, 2.05) is 60.7 Å². The van der Waals surface area contributed by atoms with Crippen molar-refractivity contribution >= 4 is 16.9 Å². The molecule has 0 aliphatic heterocycles. The molecule has 0 spiro atoms. The van der Waals surface area contributed by atoms with Gasteiger partial charge in [0.15, 0.2) is 14.7 Å². The SMILES string of the molecule is O=C(O)c1ccc([S+](c2ccccc2)c2ccccc2)cc1C(F)(F)F. The predicted molar refractivity (Wildman–Crippen MR) is 93.5 cm³/mol. The Kier molecular flexibility index (Phi) is 5.04. The molecule has 0 amide bonds. The first-order valence-corrected chi connectivity index (χ1v) is 8.89. The van der Waals surface area contributed by atoms with Gasteiger partial charge in [-0.05, 0) is 36.4 Å². The fraction of sp³-hybridized carbons (Fsp3) is 0.0500. The fourth-order valence-electron chi connectivity index (χ4n) is 2.59. The minimum absolute atomic E-state index is 0.416. The second kappa shape index (κ2) is 7.25. The van der Waals surface area contributed by atoms with Gasteiger partial charge in [0.25, 0.3) is 0 Å². The molecule has 0 unspecified atom stereocenters. The number of carbonyl (C=O) groups is 1. The van der Waals surface area contributed by atoms with Crippen molar-refractivity contribution in [3.05, 3.63) is 90.0 Å². The minimum Gasteiger partial charge on any atom is -0.478 e. The summed E-state index contributed by atoms with van der Waals surface area (Å²) in [5.74, 6) is -1.59. The van der Waals surface area contributed by atoms with Crippen molar-refractivity contribution in [2.24, 2.45) is 0 Å². The van der Waals surface area contributed by atoms with Crippen molar-refractivity contribution in [3.63, 3.8) is 0 Å². The maximum absolute atomic E-state index is 13.4. The van der Waals surface area contributed by atoms with E-state index in [9.17, 15) is 18.0 Å². The number of benzene rings is 3. The van der Waals surface area contributed by atoms with Crippen LogP contribution in [0.4, 0.5) is 13.2 Å². The van der Waals surface area contributed by atoms with Gasteiger partial charge in [-0.25, -0.2) is 4.79 Å². The summed E-state index contributed by atoms with van der Waals surface area (Å²) in [6, 6.07) is 21.9. The fourth-order valence-corrected chi connectivity index (χ4v) is 4.71. The Labute approximate surface area is 151 Å². The molecule has 0 heterocycles. The maximum atomic E-state index is 13.4. The molecule has 1 N–H and O–H groups in total. The van der Waals surface area contributed by atoms with E-state index < -0.39 is 34.2 Å². The molecular formula is C20H14F3O2S+. The standard InChI is InChI=1S/C20H13F3O2S/c21-20(22,23)18-13-16(11-12-17(18)19(24)25)26(14-7-3-1-4-8-14)15-9-5-2-6-10-15/h1-13H/p+1. The first-order valence-electron chi connectivity index (χ1n) is 7.67. The average molecular weight is 375 g/mol. The van der Waals surface area contributed by atoms with Gasteiger partial charge in [0.1, 0.15) is 0 Å². The monoisotopic (exact) mass is 375 g/mol. The minimum atomic E-state index is -4.74. The van der Waals surface area contributed by atoms with Crippen LogP contribution in [0.1, 0.15) is 15.9 Å². The molecular weight excluding hydrogens is 361 g/mol. The largest absolute Gasteiger partial charge is 0.478 e. The van der Waals surface area contributed by atoms with E-state index in [1.165, 1.54) is 6.07 Å². The van der Waals surface area contributed by atoms with Gasteiger partial charge >= 0.3 is 12.1 Å². The first kappa shape index (κ1) is 18.1. The average Bonchev–Trinajstić information content (AvgIpc) is 2.63. The lowest BCUT2D eigenvalue weighted by molar-refractivity contribution is -0.138. The highest BCUT2D eigenvalue weighted by Gasteiger charge is 2.38. The van der Waals surface area contributed by atoms with Crippen molar-refractivity contribution in [1.29, 1.82) is 0 Å². The Hall–Kier alpha value is -2.73. The zero-order valence-corrected chi connectivity index (χ0v) is 14.2. The second-order valence-corrected chi connectivity index (χ2v) is 7.47. The molecule has 3 aromatic carbocycles. The van der Waals surface area contributed by atoms with Crippen LogP contribution in [0, 0.1) is 0 Å². The molecule has 2 nitrogen and oxygen atoms in total. The van der Waals surface area contributed by atoms with Gasteiger partial charge in [-0.3, -0.25) is 0 Å². The summed E-state index contributed by atoms with van der Waals surface area (Å²) in [4.78, 5) is 13.3. The molecule has 0 fully saturated rings. The van der Waals surface area contributed by atoms with Gasteiger partial charge in [0.05, 0.1) is 22.0 Å². The molecule has 0 aliphatic rings. The molecule has 0 aliphatic carbocycles.